The molecule has 0 aliphatic rings. The minimum Gasteiger partial charge on any atom is -0.436 e. The zero-order valence-electron chi connectivity index (χ0n) is 10.9. The van der Waals surface area contributed by atoms with Crippen molar-refractivity contribution in [2.75, 3.05) is 0 Å². The molecule has 7 heteroatoms. The number of hydrogen-bond acceptors (Lipinski definition) is 3. The quantitative estimate of drug-likeness (QED) is 0.544. The lowest BCUT2D eigenvalue weighted by Gasteiger charge is -2.03. The third-order valence-electron chi connectivity index (χ3n) is 2.64. The van der Waals surface area contributed by atoms with Crippen LogP contribution >= 0.6 is 22.6 Å². The highest BCUT2D eigenvalue weighted by molar-refractivity contribution is 14.1. The maximum absolute atomic E-state index is 12.4. The molecule has 0 aliphatic carbocycles. The number of pyridine rings is 1. The zero-order chi connectivity index (χ0) is 15.6. The Morgan fingerprint density at radius 1 is 1.43 bits per heavy atom. The standard InChI is InChI=1S/C14H10F3IN2O/c1-8(14(15,16)17)3-4-12-9(2)20-13(21-12)10-5-6-19-7-11(10)18/h3-7H,1H2,2H3/b4-3-. The molecule has 0 aliphatic heterocycles. The normalized spacial score (nSPS) is 12.0. The number of rotatable bonds is 3. The third-order valence-corrected chi connectivity index (χ3v) is 3.49. The van der Waals surface area contributed by atoms with Gasteiger partial charge in [0.15, 0.2) is 5.76 Å². The van der Waals surface area contributed by atoms with Crippen LogP contribution < -0.4 is 0 Å². The fraction of sp³-hybridized carbons (Fsp3) is 0.143. The van der Waals surface area contributed by atoms with E-state index in [4.69, 9.17) is 4.42 Å². The van der Waals surface area contributed by atoms with Crippen molar-refractivity contribution in [3.63, 3.8) is 0 Å². The van der Waals surface area contributed by atoms with Gasteiger partial charge < -0.3 is 4.42 Å². The molecule has 2 heterocycles. The molecule has 0 atom stereocenters. The Hall–Kier alpha value is -1.64. The van der Waals surface area contributed by atoms with Crippen molar-refractivity contribution >= 4 is 28.7 Å². The summed E-state index contributed by atoms with van der Waals surface area (Å²) in [5.41, 5.74) is 0.296. The van der Waals surface area contributed by atoms with E-state index >= 15 is 0 Å². The number of nitrogens with zero attached hydrogens (tertiary/aromatic N) is 2. The summed E-state index contributed by atoms with van der Waals surface area (Å²) in [5, 5.41) is 0. The summed E-state index contributed by atoms with van der Waals surface area (Å²) in [7, 11) is 0. The monoisotopic (exact) mass is 406 g/mol. The van der Waals surface area contributed by atoms with Crippen molar-refractivity contribution in [1.82, 2.24) is 9.97 Å². The van der Waals surface area contributed by atoms with E-state index < -0.39 is 11.7 Å². The molecule has 0 amide bonds. The molecule has 0 aromatic carbocycles. The summed E-state index contributed by atoms with van der Waals surface area (Å²) in [4.78, 5) is 8.18. The number of oxazole rings is 1. The third kappa shape index (κ3) is 3.72. The number of aromatic nitrogens is 2. The summed E-state index contributed by atoms with van der Waals surface area (Å²) in [6, 6.07) is 1.73. The molecule has 0 saturated carbocycles. The summed E-state index contributed by atoms with van der Waals surface area (Å²) in [6.07, 6.45) is 0.882. The predicted molar refractivity (Wildman–Crippen MR) is 81.4 cm³/mol. The van der Waals surface area contributed by atoms with Crippen molar-refractivity contribution in [2.24, 2.45) is 0 Å². The first-order valence-electron chi connectivity index (χ1n) is 5.80. The van der Waals surface area contributed by atoms with Crippen LogP contribution in [0.1, 0.15) is 11.5 Å². The van der Waals surface area contributed by atoms with Crippen molar-refractivity contribution in [1.29, 1.82) is 0 Å². The molecular weight excluding hydrogens is 396 g/mol. The van der Waals surface area contributed by atoms with Crippen molar-refractivity contribution in [2.45, 2.75) is 13.1 Å². The average Bonchev–Trinajstić information content (AvgIpc) is 2.76. The lowest BCUT2D eigenvalue weighted by molar-refractivity contribution is -0.0877. The molecule has 0 bridgehead atoms. The second kappa shape index (κ2) is 6.00. The molecule has 0 N–H and O–H groups in total. The van der Waals surface area contributed by atoms with E-state index in [1.807, 2.05) is 0 Å². The highest BCUT2D eigenvalue weighted by Gasteiger charge is 2.29. The molecule has 21 heavy (non-hydrogen) atoms. The van der Waals surface area contributed by atoms with Gasteiger partial charge in [-0.05, 0) is 47.7 Å². The second-order valence-corrected chi connectivity index (χ2v) is 5.34. The van der Waals surface area contributed by atoms with Gasteiger partial charge in [-0.3, -0.25) is 4.98 Å². The van der Waals surface area contributed by atoms with Gasteiger partial charge in [0.05, 0.1) is 11.3 Å². The second-order valence-electron chi connectivity index (χ2n) is 4.18. The summed E-state index contributed by atoms with van der Waals surface area (Å²) >= 11 is 2.08. The first-order chi connectivity index (χ1) is 9.79. The summed E-state index contributed by atoms with van der Waals surface area (Å²) < 4.78 is 43.5. The van der Waals surface area contributed by atoms with Crippen LogP contribution in [0.25, 0.3) is 17.5 Å². The maximum atomic E-state index is 12.4. The molecule has 2 rings (SSSR count). The SMILES string of the molecule is C=C(/C=C\c1oc(-c2ccncc2I)nc1C)C(F)(F)F. The summed E-state index contributed by atoms with van der Waals surface area (Å²) in [5.74, 6) is 0.611. The van der Waals surface area contributed by atoms with Crippen LogP contribution in [-0.4, -0.2) is 16.1 Å². The fourth-order valence-corrected chi connectivity index (χ4v) is 2.07. The Kier molecular flexibility index (Phi) is 4.50. The predicted octanol–water partition coefficient (Wildman–Crippen LogP) is 4.78. The number of aryl methyl sites for hydroxylation is 1. The van der Waals surface area contributed by atoms with Crippen LogP contribution in [0.4, 0.5) is 13.2 Å². The highest BCUT2D eigenvalue weighted by atomic mass is 127. The Morgan fingerprint density at radius 2 is 2.14 bits per heavy atom. The number of allylic oxidation sites excluding steroid dienone is 2. The Balaban J connectivity index is 2.31. The Bertz CT molecular complexity index is 704. The molecule has 2 aromatic rings. The van der Waals surface area contributed by atoms with E-state index in [2.05, 4.69) is 39.1 Å². The van der Waals surface area contributed by atoms with E-state index in [9.17, 15) is 13.2 Å². The van der Waals surface area contributed by atoms with Crippen LogP contribution in [0.3, 0.4) is 0 Å². The Morgan fingerprint density at radius 3 is 2.76 bits per heavy atom. The fourth-order valence-electron chi connectivity index (χ4n) is 1.50. The smallest absolute Gasteiger partial charge is 0.415 e. The molecule has 0 spiro atoms. The van der Waals surface area contributed by atoms with Gasteiger partial charge in [-0.1, -0.05) is 6.58 Å². The average molecular weight is 406 g/mol. The van der Waals surface area contributed by atoms with E-state index in [-0.39, 0.29) is 5.76 Å². The first-order valence-corrected chi connectivity index (χ1v) is 6.88. The van der Waals surface area contributed by atoms with Gasteiger partial charge in [-0.15, -0.1) is 0 Å². The molecular formula is C14H10F3IN2O. The van der Waals surface area contributed by atoms with Gasteiger partial charge >= 0.3 is 6.18 Å². The minimum atomic E-state index is -4.45. The summed E-state index contributed by atoms with van der Waals surface area (Å²) in [6.45, 7) is 4.63. The number of halogens is 4. The lowest BCUT2D eigenvalue weighted by Crippen LogP contribution is -2.08. The molecule has 0 saturated heterocycles. The molecule has 0 fully saturated rings. The van der Waals surface area contributed by atoms with Gasteiger partial charge in [0.25, 0.3) is 0 Å². The van der Waals surface area contributed by atoms with Gasteiger partial charge in [-0.2, -0.15) is 13.2 Å². The van der Waals surface area contributed by atoms with Crippen LogP contribution in [0.15, 0.2) is 41.1 Å². The van der Waals surface area contributed by atoms with Crippen LogP contribution in [0.5, 0.6) is 0 Å². The topological polar surface area (TPSA) is 38.9 Å². The van der Waals surface area contributed by atoms with Crippen molar-refractivity contribution in [3.8, 4) is 11.5 Å². The number of hydrogen-bond donors (Lipinski definition) is 0. The van der Waals surface area contributed by atoms with Gasteiger partial charge in [0, 0.05) is 21.5 Å². The van der Waals surface area contributed by atoms with Crippen LogP contribution in [0, 0.1) is 10.5 Å². The largest absolute Gasteiger partial charge is 0.436 e. The van der Waals surface area contributed by atoms with Crippen LogP contribution in [0.2, 0.25) is 0 Å². The van der Waals surface area contributed by atoms with E-state index in [1.165, 1.54) is 6.08 Å². The molecule has 0 radical (unpaired) electrons. The van der Waals surface area contributed by atoms with E-state index in [0.29, 0.717) is 11.6 Å². The van der Waals surface area contributed by atoms with E-state index in [1.54, 1.807) is 25.4 Å². The highest BCUT2D eigenvalue weighted by Crippen LogP contribution is 2.28. The molecule has 3 nitrogen and oxygen atoms in total. The molecule has 110 valence electrons. The lowest BCUT2D eigenvalue weighted by atomic mass is 10.2. The van der Waals surface area contributed by atoms with E-state index in [0.717, 1.165) is 15.2 Å². The zero-order valence-corrected chi connectivity index (χ0v) is 13.1. The maximum Gasteiger partial charge on any atom is 0.415 e. The van der Waals surface area contributed by atoms with Gasteiger partial charge in [0.2, 0.25) is 5.89 Å². The van der Waals surface area contributed by atoms with Gasteiger partial charge in [0.1, 0.15) is 0 Å². The molecule has 2 aromatic heterocycles. The molecule has 0 unspecified atom stereocenters. The van der Waals surface area contributed by atoms with Crippen molar-refractivity contribution < 1.29 is 17.6 Å². The first kappa shape index (κ1) is 15.7. The van der Waals surface area contributed by atoms with Crippen LogP contribution in [-0.2, 0) is 0 Å². The number of alkyl halides is 3. The minimum absolute atomic E-state index is 0.267. The Labute approximate surface area is 132 Å². The van der Waals surface area contributed by atoms with Crippen molar-refractivity contribution in [3.05, 3.63) is 51.7 Å². The van der Waals surface area contributed by atoms with Gasteiger partial charge in [-0.25, -0.2) is 4.98 Å².